The first-order chi connectivity index (χ1) is 5.75. The summed E-state index contributed by atoms with van der Waals surface area (Å²) in [6.45, 7) is 5.80. The molecule has 1 nitrogen and oxygen atoms in total. The Labute approximate surface area is 75.9 Å². The summed E-state index contributed by atoms with van der Waals surface area (Å²) in [6.07, 6.45) is 6.01. The molecule has 0 aromatic carbocycles. The summed E-state index contributed by atoms with van der Waals surface area (Å²) in [7, 11) is 0. The molecule has 2 saturated carbocycles. The zero-order chi connectivity index (χ0) is 8.55. The minimum Gasteiger partial charge on any atom is -0.313 e. The lowest BCUT2D eigenvalue weighted by atomic mass is 9.95. The van der Waals surface area contributed by atoms with Crippen LogP contribution in [-0.2, 0) is 0 Å². The zero-order valence-corrected chi connectivity index (χ0v) is 8.34. The molecule has 0 amide bonds. The Morgan fingerprint density at radius 3 is 2.58 bits per heavy atom. The highest BCUT2D eigenvalue weighted by molar-refractivity contribution is 4.93. The molecule has 0 heterocycles. The van der Waals surface area contributed by atoms with Gasteiger partial charge in [-0.1, -0.05) is 20.3 Å². The summed E-state index contributed by atoms with van der Waals surface area (Å²) in [4.78, 5) is 0. The van der Waals surface area contributed by atoms with Crippen LogP contribution in [-0.4, -0.2) is 12.6 Å². The highest BCUT2D eigenvalue weighted by Gasteiger charge is 2.38. The van der Waals surface area contributed by atoms with Crippen LogP contribution in [0, 0.1) is 17.8 Å². The number of hydrogen-bond acceptors (Lipinski definition) is 1. The van der Waals surface area contributed by atoms with Gasteiger partial charge in [-0.2, -0.15) is 0 Å². The molecular formula is C11H21N. The van der Waals surface area contributed by atoms with Crippen molar-refractivity contribution in [2.24, 2.45) is 17.8 Å². The zero-order valence-electron chi connectivity index (χ0n) is 8.34. The monoisotopic (exact) mass is 167 g/mol. The van der Waals surface area contributed by atoms with Gasteiger partial charge in [0.25, 0.3) is 0 Å². The van der Waals surface area contributed by atoms with Gasteiger partial charge in [-0.15, -0.1) is 0 Å². The first kappa shape index (κ1) is 8.55. The molecule has 1 heteroatoms. The van der Waals surface area contributed by atoms with Crippen molar-refractivity contribution in [3.8, 4) is 0 Å². The molecule has 2 fully saturated rings. The minimum atomic E-state index is 0.809. The van der Waals surface area contributed by atoms with Crippen LogP contribution in [0.1, 0.15) is 39.5 Å². The Balaban J connectivity index is 1.76. The van der Waals surface area contributed by atoms with Gasteiger partial charge in [-0.05, 0) is 43.6 Å². The van der Waals surface area contributed by atoms with Crippen LogP contribution in [0.15, 0.2) is 0 Å². The average molecular weight is 167 g/mol. The average Bonchev–Trinajstić information content (AvgIpc) is 2.60. The van der Waals surface area contributed by atoms with Crippen LogP contribution in [0.3, 0.4) is 0 Å². The molecular weight excluding hydrogens is 146 g/mol. The Bertz CT molecular complexity index is 153. The molecule has 3 unspecified atom stereocenters. The maximum absolute atomic E-state index is 3.71. The Hall–Kier alpha value is -0.0400. The van der Waals surface area contributed by atoms with Crippen LogP contribution in [0.5, 0.6) is 0 Å². The summed E-state index contributed by atoms with van der Waals surface area (Å²) >= 11 is 0. The molecule has 12 heavy (non-hydrogen) atoms. The molecule has 3 atom stereocenters. The van der Waals surface area contributed by atoms with Crippen molar-refractivity contribution in [3.63, 3.8) is 0 Å². The van der Waals surface area contributed by atoms with Gasteiger partial charge in [-0.3, -0.25) is 0 Å². The van der Waals surface area contributed by atoms with Crippen molar-refractivity contribution in [2.75, 3.05) is 6.54 Å². The van der Waals surface area contributed by atoms with E-state index in [1.807, 2.05) is 0 Å². The Morgan fingerprint density at radius 2 is 2.08 bits per heavy atom. The standard InChI is InChI=1S/C11H21N/c1-8(2)7-12-11-6-9-3-4-10(11)5-9/h8-12H,3-7H2,1-2H3. The lowest BCUT2D eigenvalue weighted by molar-refractivity contribution is 0.338. The van der Waals surface area contributed by atoms with Crippen molar-refractivity contribution in [1.82, 2.24) is 5.32 Å². The van der Waals surface area contributed by atoms with Crippen molar-refractivity contribution in [2.45, 2.75) is 45.6 Å². The third-order valence-corrected chi connectivity index (χ3v) is 3.53. The molecule has 0 spiro atoms. The van der Waals surface area contributed by atoms with Gasteiger partial charge in [0.1, 0.15) is 0 Å². The van der Waals surface area contributed by atoms with Gasteiger partial charge in [0.05, 0.1) is 0 Å². The quantitative estimate of drug-likeness (QED) is 0.680. The summed E-state index contributed by atoms with van der Waals surface area (Å²) in [5, 5.41) is 3.71. The molecule has 0 aliphatic heterocycles. The largest absolute Gasteiger partial charge is 0.313 e. The van der Waals surface area contributed by atoms with Crippen molar-refractivity contribution in [1.29, 1.82) is 0 Å². The van der Waals surface area contributed by atoms with E-state index in [1.165, 1.54) is 32.2 Å². The van der Waals surface area contributed by atoms with E-state index in [9.17, 15) is 0 Å². The Kier molecular flexibility index (Phi) is 2.40. The van der Waals surface area contributed by atoms with Crippen LogP contribution in [0.4, 0.5) is 0 Å². The number of fused-ring (bicyclic) bond motifs is 2. The first-order valence-electron chi connectivity index (χ1n) is 5.49. The number of rotatable bonds is 3. The van der Waals surface area contributed by atoms with E-state index in [1.54, 1.807) is 0 Å². The minimum absolute atomic E-state index is 0.809. The molecule has 0 saturated heterocycles. The van der Waals surface area contributed by atoms with Crippen molar-refractivity contribution in [3.05, 3.63) is 0 Å². The van der Waals surface area contributed by atoms with Crippen LogP contribution in [0.2, 0.25) is 0 Å². The van der Waals surface area contributed by atoms with Gasteiger partial charge in [0.2, 0.25) is 0 Å². The smallest absolute Gasteiger partial charge is 0.00981 e. The van der Waals surface area contributed by atoms with Crippen molar-refractivity contribution >= 4 is 0 Å². The molecule has 2 aliphatic rings. The maximum atomic E-state index is 3.71. The fraction of sp³-hybridized carbons (Fsp3) is 1.00. The van der Waals surface area contributed by atoms with E-state index in [-0.39, 0.29) is 0 Å². The second-order valence-electron chi connectivity index (χ2n) is 5.08. The fourth-order valence-corrected chi connectivity index (χ4v) is 2.88. The SMILES string of the molecule is CC(C)CNC1CC2CCC1C2. The summed E-state index contributed by atoms with van der Waals surface area (Å²) in [5.41, 5.74) is 0. The summed E-state index contributed by atoms with van der Waals surface area (Å²) < 4.78 is 0. The van der Waals surface area contributed by atoms with Gasteiger partial charge in [0, 0.05) is 6.04 Å². The molecule has 0 aromatic rings. The molecule has 2 bridgehead atoms. The van der Waals surface area contributed by atoms with E-state index in [2.05, 4.69) is 19.2 Å². The maximum Gasteiger partial charge on any atom is 0.00981 e. The predicted molar refractivity (Wildman–Crippen MR) is 52.1 cm³/mol. The third kappa shape index (κ3) is 1.66. The normalized spacial score (nSPS) is 39.8. The van der Waals surface area contributed by atoms with Crippen molar-refractivity contribution < 1.29 is 0 Å². The molecule has 2 rings (SSSR count). The molecule has 0 aromatic heterocycles. The van der Waals surface area contributed by atoms with E-state index in [4.69, 9.17) is 0 Å². The lowest BCUT2D eigenvalue weighted by Gasteiger charge is -2.23. The second-order valence-corrected chi connectivity index (χ2v) is 5.08. The highest BCUT2D eigenvalue weighted by Crippen LogP contribution is 2.44. The van der Waals surface area contributed by atoms with E-state index >= 15 is 0 Å². The number of hydrogen-bond donors (Lipinski definition) is 1. The lowest BCUT2D eigenvalue weighted by Crippen LogP contribution is -2.36. The first-order valence-corrected chi connectivity index (χ1v) is 5.49. The second kappa shape index (κ2) is 3.37. The Morgan fingerprint density at radius 1 is 1.25 bits per heavy atom. The molecule has 1 N–H and O–H groups in total. The highest BCUT2D eigenvalue weighted by atomic mass is 14.9. The van der Waals surface area contributed by atoms with Gasteiger partial charge in [-0.25, -0.2) is 0 Å². The molecule has 2 aliphatic carbocycles. The third-order valence-electron chi connectivity index (χ3n) is 3.53. The topological polar surface area (TPSA) is 12.0 Å². The van der Waals surface area contributed by atoms with Gasteiger partial charge in [0.15, 0.2) is 0 Å². The van der Waals surface area contributed by atoms with Crippen LogP contribution < -0.4 is 5.32 Å². The van der Waals surface area contributed by atoms with E-state index in [0.717, 1.165) is 23.8 Å². The summed E-state index contributed by atoms with van der Waals surface area (Å²) in [6, 6.07) is 0.881. The van der Waals surface area contributed by atoms with E-state index in [0.29, 0.717) is 0 Å². The number of nitrogens with one attached hydrogen (secondary N) is 1. The predicted octanol–water partition coefficient (Wildman–Crippen LogP) is 2.42. The van der Waals surface area contributed by atoms with E-state index < -0.39 is 0 Å². The molecule has 70 valence electrons. The van der Waals surface area contributed by atoms with Gasteiger partial charge < -0.3 is 5.32 Å². The van der Waals surface area contributed by atoms with Crippen LogP contribution >= 0.6 is 0 Å². The summed E-state index contributed by atoms with van der Waals surface area (Å²) in [5.74, 6) is 2.93. The fourth-order valence-electron chi connectivity index (χ4n) is 2.88. The van der Waals surface area contributed by atoms with Gasteiger partial charge >= 0.3 is 0 Å². The van der Waals surface area contributed by atoms with Crippen LogP contribution in [0.25, 0.3) is 0 Å². The molecule has 0 radical (unpaired) electrons.